The molecule has 4 nitrogen and oxygen atoms in total. The summed E-state index contributed by atoms with van der Waals surface area (Å²) >= 11 is 0. The van der Waals surface area contributed by atoms with E-state index in [0.717, 1.165) is 32.6 Å². The van der Waals surface area contributed by atoms with E-state index in [0.29, 0.717) is 0 Å². The third kappa shape index (κ3) is 3.64. The van der Waals surface area contributed by atoms with Gasteiger partial charge in [-0.25, -0.2) is 0 Å². The van der Waals surface area contributed by atoms with E-state index < -0.39 is 0 Å². The molecule has 0 aliphatic carbocycles. The Morgan fingerprint density at radius 2 is 2.14 bits per heavy atom. The smallest absolute Gasteiger partial charge is 0.235 e. The van der Waals surface area contributed by atoms with E-state index in [1.54, 1.807) is 0 Å². The second kappa shape index (κ2) is 5.98. The molecule has 1 rings (SSSR count). The van der Waals surface area contributed by atoms with Gasteiger partial charge in [0.05, 0.1) is 6.04 Å². The van der Waals surface area contributed by atoms with E-state index in [4.69, 9.17) is 5.73 Å². The normalized spacial score (nSPS) is 19.8. The number of rotatable bonds is 6. The lowest BCUT2D eigenvalue weighted by atomic mass is 10.2. The van der Waals surface area contributed by atoms with Gasteiger partial charge < -0.3 is 16.0 Å². The predicted molar refractivity (Wildman–Crippen MR) is 57.0 cm³/mol. The molecule has 82 valence electrons. The topological polar surface area (TPSA) is 58.4 Å². The third-order valence-electron chi connectivity index (χ3n) is 2.62. The van der Waals surface area contributed by atoms with Crippen molar-refractivity contribution in [3.05, 3.63) is 0 Å². The van der Waals surface area contributed by atoms with Crippen LogP contribution in [0.2, 0.25) is 0 Å². The van der Waals surface area contributed by atoms with E-state index >= 15 is 0 Å². The van der Waals surface area contributed by atoms with Crippen molar-refractivity contribution in [1.29, 1.82) is 0 Å². The van der Waals surface area contributed by atoms with Crippen LogP contribution in [-0.4, -0.2) is 43.0 Å². The molecule has 1 fully saturated rings. The molecule has 0 aromatic rings. The maximum absolute atomic E-state index is 11.1. The number of carbonyl (C=O) groups excluding carboxylic acids is 1. The molecule has 1 unspecified atom stereocenters. The highest BCUT2D eigenvalue weighted by molar-refractivity contribution is 5.80. The van der Waals surface area contributed by atoms with Gasteiger partial charge in [-0.15, -0.1) is 0 Å². The second-order valence-corrected chi connectivity index (χ2v) is 3.92. The van der Waals surface area contributed by atoms with Crippen LogP contribution >= 0.6 is 0 Å². The molecule has 1 heterocycles. The maximum Gasteiger partial charge on any atom is 0.235 e. The Bertz CT molecular complexity index is 178. The molecule has 14 heavy (non-hydrogen) atoms. The number of hydrogen-bond donors (Lipinski definition) is 2. The Kier molecular flexibility index (Phi) is 4.90. The Labute approximate surface area is 85.8 Å². The summed E-state index contributed by atoms with van der Waals surface area (Å²) < 4.78 is 0. The first-order valence-corrected chi connectivity index (χ1v) is 5.49. The minimum Gasteiger partial charge on any atom is -0.368 e. The summed E-state index contributed by atoms with van der Waals surface area (Å²) in [5.41, 5.74) is 5.33. The highest BCUT2D eigenvalue weighted by Gasteiger charge is 2.20. The molecule has 1 amide bonds. The van der Waals surface area contributed by atoms with Crippen molar-refractivity contribution < 1.29 is 4.79 Å². The second-order valence-electron chi connectivity index (χ2n) is 3.92. The lowest BCUT2D eigenvalue weighted by molar-refractivity contribution is -0.120. The molecule has 0 bridgehead atoms. The number of amides is 1. The van der Waals surface area contributed by atoms with Gasteiger partial charge in [0.2, 0.25) is 5.91 Å². The highest BCUT2D eigenvalue weighted by atomic mass is 16.1. The first-order valence-electron chi connectivity index (χ1n) is 5.49. The van der Waals surface area contributed by atoms with Crippen LogP contribution in [0.3, 0.4) is 0 Å². The number of likely N-dealkylation sites (tertiary alicyclic amines) is 1. The number of nitrogens with zero attached hydrogens (tertiary/aromatic N) is 1. The van der Waals surface area contributed by atoms with Crippen LogP contribution in [-0.2, 0) is 4.79 Å². The van der Waals surface area contributed by atoms with Crippen molar-refractivity contribution in [2.45, 2.75) is 32.2 Å². The summed E-state index contributed by atoms with van der Waals surface area (Å²) in [6, 6.07) is -0.173. The monoisotopic (exact) mass is 199 g/mol. The van der Waals surface area contributed by atoms with Crippen LogP contribution in [0.15, 0.2) is 0 Å². The average Bonchev–Trinajstić information content (AvgIpc) is 2.64. The quantitative estimate of drug-likeness (QED) is 0.630. The summed E-state index contributed by atoms with van der Waals surface area (Å²) in [7, 11) is 0. The van der Waals surface area contributed by atoms with Gasteiger partial charge in [-0.1, -0.05) is 6.92 Å². The summed E-state index contributed by atoms with van der Waals surface area (Å²) in [6.07, 6.45) is 3.53. The molecule has 0 aromatic carbocycles. The molecular weight excluding hydrogens is 178 g/mol. The van der Waals surface area contributed by atoms with E-state index in [-0.39, 0.29) is 11.9 Å². The van der Waals surface area contributed by atoms with Gasteiger partial charge in [0.15, 0.2) is 0 Å². The van der Waals surface area contributed by atoms with Crippen LogP contribution < -0.4 is 11.1 Å². The van der Waals surface area contributed by atoms with E-state index in [2.05, 4.69) is 17.1 Å². The standard InChI is InChI=1S/C10H21N3O/c1-2-5-12-9(10(11)14)8-13-6-3-4-7-13/h9,12H,2-8H2,1H3,(H2,11,14). The predicted octanol–water partition coefficient (Wildman–Crippen LogP) is -0.0643. The summed E-state index contributed by atoms with van der Waals surface area (Å²) in [5, 5.41) is 3.18. The summed E-state index contributed by atoms with van der Waals surface area (Å²) in [6.45, 7) is 5.94. The number of nitrogens with two attached hydrogens (primary N) is 1. The van der Waals surface area contributed by atoms with Gasteiger partial charge in [-0.3, -0.25) is 4.79 Å². The fourth-order valence-electron chi connectivity index (χ4n) is 1.80. The van der Waals surface area contributed by atoms with Crippen LogP contribution in [0.25, 0.3) is 0 Å². The summed E-state index contributed by atoms with van der Waals surface area (Å²) in [4.78, 5) is 13.4. The largest absolute Gasteiger partial charge is 0.368 e. The van der Waals surface area contributed by atoms with Gasteiger partial charge >= 0.3 is 0 Å². The maximum atomic E-state index is 11.1. The fraction of sp³-hybridized carbons (Fsp3) is 0.900. The number of nitrogens with one attached hydrogen (secondary N) is 1. The molecule has 1 atom stereocenters. The Hall–Kier alpha value is -0.610. The van der Waals surface area contributed by atoms with Gasteiger partial charge in [0.1, 0.15) is 0 Å². The molecule has 1 saturated heterocycles. The third-order valence-corrected chi connectivity index (χ3v) is 2.62. The van der Waals surface area contributed by atoms with Crippen molar-refractivity contribution in [2.75, 3.05) is 26.2 Å². The lowest BCUT2D eigenvalue weighted by Gasteiger charge is -2.21. The van der Waals surface area contributed by atoms with Crippen LogP contribution in [0.5, 0.6) is 0 Å². The molecule has 0 aromatic heterocycles. The Balaban J connectivity index is 2.30. The zero-order valence-corrected chi connectivity index (χ0v) is 8.96. The van der Waals surface area contributed by atoms with E-state index in [1.165, 1.54) is 12.8 Å². The van der Waals surface area contributed by atoms with Crippen LogP contribution in [0, 0.1) is 0 Å². The van der Waals surface area contributed by atoms with Crippen molar-refractivity contribution in [3.8, 4) is 0 Å². The molecule has 0 saturated carbocycles. The highest BCUT2D eigenvalue weighted by Crippen LogP contribution is 2.07. The zero-order valence-electron chi connectivity index (χ0n) is 8.96. The summed E-state index contributed by atoms with van der Waals surface area (Å²) in [5.74, 6) is -0.231. The average molecular weight is 199 g/mol. The lowest BCUT2D eigenvalue weighted by Crippen LogP contribution is -2.48. The minimum atomic E-state index is -0.231. The van der Waals surface area contributed by atoms with Crippen molar-refractivity contribution in [2.24, 2.45) is 5.73 Å². The molecule has 0 radical (unpaired) electrons. The molecular formula is C10H21N3O. The Morgan fingerprint density at radius 3 is 2.64 bits per heavy atom. The first-order chi connectivity index (χ1) is 6.74. The molecule has 0 spiro atoms. The van der Waals surface area contributed by atoms with E-state index in [9.17, 15) is 4.79 Å². The minimum absolute atomic E-state index is 0.173. The van der Waals surface area contributed by atoms with Gasteiger partial charge in [-0.05, 0) is 38.9 Å². The molecule has 1 aliphatic rings. The van der Waals surface area contributed by atoms with E-state index in [1.807, 2.05) is 0 Å². The van der Waals surface area contributed by atoms with Crippen molar-refractivity contribution in [1.82, 2.24) is 10.2 Å². The van der Waals surface area contributed by atoms with Crippen LogP contribution in [0.1, 0.15) is 26.2 Å². The van der Waals surface area contributed by atoms with Crippen LogP contribution in [0.4, 0.5) is 0 Å². The fourth-order valence-corrected chi connectivity index (χ4v) is 1.80. The molecule has 4 heteroatoms. The molecule has 3 N–H and O–H groups in total. The van der Waals surface area contributed by atoms with Gasteiger partial charge in [0.25, 0.3) is 0 Å². The number of carbonyl (C=O) groups is 1. The Morgan fingerprint density at radius 1 is 1.50 bits per heavy atom. The van der Waals surface area contributed by atoms with Crippen molar-refractivity contribution >= 4 is 5.91 Å². The zero-order chi connectivity index (χ0) is 10.4. The number of hydrogen-bond acceptors (Lipinski definition) is 3. The van der Waals surface area contributed by atoms with Crippen molar-refractivity contribution in [3.63, 3.8) is 0 Å². The number of primary amides is 1. The first kappa shape index (κ1) is 11.5. The molecule has 1 aliphatic heterocycles. The van der Waals surface area contributed by atoms with Gasteiger partial charge in [0, 0.05) is 6.54 Å². The van der Waals surface area contributed by atoms with Gasteiger partial charge in [-0.2, -0.15) is 0 Å². The SMILES string of the molecule is CCCNC(CN1CCCC1)C(N)=O.